The summed E-state index contributed by atoms with van der Waals surface area (Å²) in [5, 5.41) is 6.38. The summed E-state index contributed by atoms with van der Waals surface area (Å²) in [6.45, 7) is 10.6. The van der Waals surface area contributed by atoms with E-state index >= 15 is 0 Å². The SMILES string of the molecule is CCN(CC)CCCNc1cc(NC)nc(C)n1. The molecule has 2 N–H and O–H groups in total. The first-order valence-corrected chi connectivity index (χ1v) is 6.69. The minimum Gasteiger partial charge on any atom is -0.373 e. The predicted octanol–water partition coefficient (Wildman–Crippen LogP) is 1.97. The summed E-state index contributed by atoms with van der Waals surface area (Å²) >= 11 is 0. The van der Waals surface area contributed by atoms with Crippen molar-refractivity contribution in [3.05, 3.63) is 11.9 Å². The van der Waals surface area contributed by atoms with Crippen molar-refractivity contribution in [3.63, 3.8) is 0 Å². The Morgan fingerprint density at radius 3 is 2.44 bits per heavy atom. The standard InChI is InChI=1S/C13H25N5/c1-5-18(6-2)9-7-8-15-13-10-12(14-4)16-11(3)17-13/h10H,5-9H2,1-4H3,(H2,14,15,16,17). The lowest BCUT2D eigenvalue weighted by atomic mass is 10.3. The lowest BCUT2D eigenvalue weighted by Gasteiger charge is -2.17. The molecule has 0 aromatic carbocycles. The van der Waals surface area contributed by atoms with Gasteiger partial charge in [-0.2, -0.15) is 0 Å². The number of rotatable bonds is 8. The van der Waals surface area contributed by atoms with Gasteiger partial charge in [0.1, 0.15) is 17.5 Å². The summed E-state index contributed by atoms with van der Waals surface area (Å²) in [7, 11) is 1.87. The first-order chi connectivity index (χ1) is 8.69. The molecule has 0 aliphatic heterocycles. The average molecular weight is 251 g/mol. The average Bonchev–Trinajstić information content (AvgIpc) is 2.38. The summed E-state index contributed by atoms with van der Waals surface area (Å²) in [6.07, 6.45) is 1.12. The largest absolute Gasteiger partial charge is 0.373 e. The molecule has 0 unspecified atom stereocenters. The quantitative estimate of drug-likeness (QED) is 0.692. The Hall–Kier alpha value is -1.36. The van der Waals surface area contributed by atoms with Crippen molar-refractivity contribution < 1.29 is 0 Å². The van der Waals surface area contributed by atoms with Crippen molar-refractivity contribution in [2.24, 2.45) is 0 Å². The highest BCUT2D eigenvalue weighted by molar-refractivity contribution is 5.46. The monoisotopic (exact) mass is 251 g/mol. The van der Waals surface area contributed by atoms with Crippen LogP contribution in [0.25, 0.3) is 0 Å². The van der Waals surface area contributed by atoms with Crippen LogP contribution in [0.3, 0.4) is 0 Å². The van der Waals surface area contributed by atoms with Crippen molar-refractivity contribution >= 4 is 11.6 Å². The van der Waals surface area contributed by atoms with Gasteiger partial charge in [-0.15, -0.1) is 0 Å². The number of hydrogen-bond donors (Lipinski definition) is 2. The fourth-order valence-electron chi connectivity index (χ4n) is 1.85. The first-order valence-electron chi connectivity index (χ1n) is 6.69. The molecule has 0 atom stereocenters. The van der Waals surface area contributed by atoms with Crippen molar-refractivity contribution in [3.8, 4) is 0 Å². The summed E-state index contributed by atoms with van der Waals surface area (Å²) in [5.74, 6) is 2.54. The van der Waals surface area contributed by atoms with Gasteiger partial charge in [0.2, 0.25) is 0 Å². The number of nitrogens with zero attached hydrogens (tertiary/aromatic N) is 3. The molecule has 0 spiro atoms. The van der Waals surface area contributed by atoms with Crippen LogP contribution in [-0.2, 0) is 0 Å². The maximum absolute atomic E-state index is 4.36. The molecular formula is C13H25N5. The topological polar surface area (TPSA) is 53.1 Å². The Morgan fingerprint density at radius 2 is 1.83 bits per heavy atom. The Labute approximate surface area is 110 Å². The van der Waals surface area contributed by atoms with Gasteiger partial charge in [-0.3, -0.25) is 0 Å². The second-order valence-corrected chi connectivity index (χ2v) is 4.24. The molecule has 1 rings (SSSR count). The third kappa shape index (κ3) is 4.87. The van der Waals surface area contributed by atoms with E-state index in [2.05, 4.69) is 39.3 Å². The molecule has 0 bridgehead atoms. The molecule has 5 nitrogen and oxygen atoms in total. The zero-order valence-electron chi connectivity index (χ0n) is 12.0. The summed E-state index contributed by atoms with van der Waals surface area (Å²) < 4.78 is 0. The highest BCUT2D eigenvalue weighted by Crippen LogP contribution is 2.10. The van der Waals surface area contributed by atoms with E-state index in [9.17, 15) is 0 Å². The van der Waals surface area contributed by atoms with E-state index in [0.717, 1.165) is 50.1 Å². The molecule has 0 radical (unpaired) electrons. The number of nitrogens with one attached hydrogen (secondary N) is 2. The molecule has 0 saturated carbocycles. The smallest absolute Gasteiger partial charge is 0.131 e. The van der Waals surface area contributed by atoms with Gasteiger partial charge in [0.15, 0.2) is 0 Å². The normalized spacial score (nSPS) is 10.7. The second-order valence-electron chi connectivity index (χ2n) is 4.24. The zero-order valence-corrected chi connectivity index (χ0v) is 12.0. The van der Waals surface area contributed by atoms with E-state index in [4.69, 9.17) is 0 Å². The Balaban J connectivity index is 2.37. The summed E-state index contributed by atoms with van der Waals surface area (Å²) in [5.41, 5.74) is 0. The molecule has 1 heterocycles. The minimum atomic E-state index is 0.785. The van der Waals surface area contributed by atoms with Crippen molar-refractivity contribution in [1.29, 1.82) is 0 Å². The Morgan fingerprint density at radius 1 is 1.17 bits per heavy atom. The second kappa shape index (κ2) is 7.87. The highest BCUT2D eigenvalue weighted by atomic mass is 15.1. The molecule has 0 saturated heterocycles. The summed E-state index contributed by atoms with van der Waals surface area (Å²) in [4.78, 5) is 11.1. The van der Waals surface area contributed by atoms with Gasteiger partial charge in [0, 0.05) is 19.7 Å². The Kier molecular flexibility index (Phi) is 6.43. The zero-order chi connectivity index (χ0) is 13.4. The number of hydrogen-bond acceptors (Lipinski definition) is 5. The molecule has 0 aliphatic rings. The number of aromatic nitrogens is 2. The molecule has 102 valence electrons. The molecular weight excluding hydrogens is 226 g/mol. The van der Waals surface area contributed by atoms with Crippen LogP contribution in [0.2, 0.25) is 0 Å². The lowest BCUT2D eigenvalue weighted by Crippen LogP contribution is -2.25. The summed E-state index contributed by atoms with van der Waals surface area (Å²) in [6, 6.07) is 1.93. The van der Waals surface area contributed by atoms with E-state index in [-0.39, 0.29) is 0 Å². The molecule has 0 amide bonds. The van der Waals surface area contributed by atoms with E-state index in [1.165, 1.54) is 0 Å². The fourth-order valence-corrected chi connectivity index (χ4v) is 1.85. The van der Waals surface area contributed by atoms with Crippen molar-refractivity contribution in [2.75, 3.05) is 43.9 Å². The van der Waals surface area contributed by atoms with Crippen LogP contribution in [0.4, 0.5) is 11.6 Å². The first kappa shape index (κ1) is 14.7. The fraction of sp³-hybridized carbons (Fsp3) is 0.692. The predicted molar refractivity (Wildman–Crippen MR) is 77.2 cm³/mol. The van der Waals surface area contributed by atoms with E-state index in [1.807, 2.05) is 20.0 Å². The van der Waals surface area contributed by atoms with Crippen LogP contribution >= 0.6 is 0 Å². The molecule has 1 aromatic rings. The van der Waals surface area contributed by atoms with Gasteiger partial charge in [-0.25, -0.2) is 9.97 Å². The van der Waals surface area contributed by atoms with Crippen LogP contribution in [0, 0.1) is 6.92 Å². The van der Waals surface area contributed by atoms with Crippen molar-refractivity contribution in [2.45, 2.75) is 27.2 Å². The van der Waals surface area contributed by atoms with Gasteiger partial charge < -0.3 is 15.5 Å². The molecule has 5 heteroatoms. The van der Waals surface area contributed by atoms with E-state index < -0.39 is 0 Å². The highest BCUT2D eigenvalue weighted by Gasteiger charge is 2.01. The maximum atomic E-state index is 4.36. The molecule has 0 fully saturated rings. The van der Waals surface area contributed by atoms with Gasteiger partial charge in [0.05, 0.1) is 0 Å². The number of aryl methyl sites for hydroxylation is 1. The third-order valence-corrected chi connectivity index (χ3v) is 2.95. The third-order valence-electron chi connectivity index (χ3n) is 2.95. The Bertz CT molecular complexity index is 349. The van der Waals surface area contributed by atoms with Gasteiger partial charge in [-0.1, -0.05) is 13.8 Å². The van der Waals surface area contributed by atoms with Crippen LogP contribution in [0.5, 0.6) is 0 Å². The maximum Gasteiger partial charge on any atom is 0.131 e. The van der Waals surface area contributed by atoms with Crippen LogP contribution in [-0.4, -0.2) is 48.1 Å². The minimum absolute atomic E-state index is 0.785. The van der Waals surface area contributed by atoms with Gasteiger partial charge >= 0.3 is 0 Å². The molecule has 1 aromatic heterocycles. The van der Waals surface area contributed by atoms with Crippen molar-refractivity contribution in [1.82, 2.24) is 14.9 Å². The van der Waals surface area contributed by atoms with E-state index in [0.29, 0.717) is 0 Å². The number of anilines is 2. The molecule has 18 heavy (non-hydrogen) atoms. The van der Waals surface area contributed by atoms with Crippen LogP contribution in [0.1, 0.15) is 26.1 Å². The van der Waals surface area contributed by atoms with Crippen LogP contribution in [0.15, 0.2) is 6.07 Å². The van der Waals surface area contributed by atoms with Crippen LogP contribution < -0.4 is 10.6 Å². The van der Waals surface area contributed by atoms with E-state index in [1.54, 1.807) is 0 Å². The van der Waals surface area contributed by atoms with Gasteiger partial charge in [0.25, 0.3) is 0 Å². The lowest BCUT2D eigenvalue weighted by molar-refractivity contribution is 0.303. The van der Waals surface area contributed by atoms with Gasteiger partial charge in [-0.05, 0) is 33.0 Å². The molecule has 0 aliphatic carbocycles.